The third-order valence-electron chi connectivity index (χ3n) is 16.0. The van der Waals surface area contributed by atoms with Crippen molar-refractivity contribution < 1.29 is 28.6 Å². The molecular weight excluding hydrogens is 937 g/mol. The van der Waals surface area contributed by atoms with Gasteiger partial charge in [-0.2, -0.15) is 0 Å². The van der Waals surface area contributed by atoms with Crippen molar-refractivity contribution in [3.8, 4) is 0 Å². The minimum atomic E-state index is -0.766. The van der Waals surface area contributed by atoms with Crippen LogP contribution in [0, 0.1) is 0 Å². The number of allylic oxidation sites excluding steroid dienone is 2. The largest absolute Gasteiger partial charge is 0.462 e. The molecule has 0 bridgehead atoms. The van der Waals surface area contributed by atoms with E-state index >= 15 is 0 Å². The first-order chi connectivity index (χ1) is 37.5. The molecule has 0 aromatic rings. The lowest BCUT2D eigenvalue weighted by molar-refractivity contribution is -0.167. The SMILES string of the molecule is CCCCCCCC/C=C\CCCCCCCCCCCC(=O)OC(COC(=O)CCCCCCCCCC)COC(=O)CCCCCCCCCCCCCCCCCCCCCCCCCCCCCCCCC. The van der Waals surface area contributed by atoms with E-state index in [0.29, 0.717) is 19.3 Å². The quantitative estimate of drug-likeness (QED) is 0.0261. The number of carbonyl (C=O) groups excluding carboxylic acids is 3. The molecule has 1 unspecified atom stereocenters. The van der Waals surface area contributed by atoms with E-state index in [1.807, 2.05) is 0 Å². The van der Waals surface area contributed by atoms with Crippen molar-refractivity contribution in [1.29, 1.82) is 0 Å². The Labute approximate surface area is 475 Å². The molecule has 0 aromatic carbocycles. The van der Waals surface area contributed by atoms with Gasteiger partial charge in [0.1, 0.15) is 13.2 Å². The second-order valence-electron chi connectivity index (χ2n) is 23.8. The van der Waals surface area contributed by atoms with Crippen LogP contribution in [0.15, 0.2) is 12.2 Å². The van der Waals surface area contributed by atoms with Gasteiger partial charge in [0.05, 0.1) is 0 Å². The highest BCUT2D eigenvalue weighted by Gasteiger charge is 2.19. The highest BCUT2D eigenvalue weighted by Crippen LogP contribution is 2.19. The van der Waals surface area contributed by atoms with Crippen molar-refractivity contribution in [2.75, 3.05) is 13.2 Å². The number of hydrogen-bond donors (Lipinski definition) is 0. The molecular formula is C70H134O6. The van der Waals surface area contributed by atoms with Crippen LogP contribution in [0.2, 0.25) is 0 Å². The Morgan fingerprint density at radius 2 is 0.434 bits per heavy atom. The molecule has 0 saturated heterocycles. The molecule has 0 aromatic heterocycles. The van der Waals surface area contributed by atoms with Crippen molar-refractivity contribution in [1.82, 2.24) is 0 Å². The first-order valence-corrected chi connectivity index (χ1v) is 34.7. The fourth-order valence-corrected chi connectivity index (χ4v) is 10.8. The zero-order valence-electron chi connectivity index (χ0n) is 51.8. The summed E-state index contributed by atoms with van der Waals surface area (Å²) in [5.74, 6) is -0.843. The van der Waals surface area contributed by atoms with Gasteiger partial charge in [-0.25, -0.2) is 0 Å². The molecule has 0 spiro atoms. The van der Waals surface area contributed by atoms with Gasteiger partial charge in [0.15, 0.2) is 6.10 Å². The number of esters is 3. The average Bonchev–Trinajstić information content (AvgIpc) is 3.42. The number of hydrogen-bond acceptors (Lipinski definition) is 6. The normalized spacial score (nSPS) is 12.0. The smallest absolute Gasteiger partial charge is 0.306 e. The standard InChI is InChI=1S/C70H134O6/c1-4-7-10-13-16-19-21-23-25-27-29-30-31-32-33-34-35-36-37-38-39-40-42-43-45-47-49-51-54-57-60-63-69(72)75-66-67(65-74-68(71)62-59-56-53-18-15-12-9-6-3)76-70(73)64-61-58-55-52-50-48-46-44-41-28-26-24-22-20-17-14-11-8-5-2/h24,26,67H,4-23,25,27-66H2,1-3H3/b26-24-. The van der Waals surface area contributed by atoms with Crippen LogP contribution < -0.4 is 0 Å². The highest BCUT2D eigenvalue weighted by atomic mass is 16.6. The summed E-state index contributed by atoms with van der Waals surface area (Å²) in [6.07, 6.45) is 78.4. The Bertz CT molecular complexity index is 1180. The van der Waals surface area contributed by atoms with Gasteiger partial charge < -0.3 is 14.2 Å². The molecule has 76 heavy (non-hydrogen) atoms. The minimum Gasteiger partial charge on any atom is -0.462 e. The van der Waals surface area contributed by atoms with E-state index in [0.717, 1.165) is 57.8 Å². The van der Waals surface area contributed by atoms with Crippen LogP contribution in [0.3, 0.4) is 0 Å². The first kappa shape index (κ1) is 74.2. The third kappa shape index (κ3) is 63.0. The third-order valence-corrected chi connectivity index (χ3v) is 16.0. The Hall–Kier alpha value is -1.85. The topological polar surface area (TPSA) is 78.9 Å². The molecule has 450 valence electrons. The molecule has 1 atom stereocenters. The molecule has 6 heteroatoms. The van der Waals surface area contributed by atoms with Gasteiger partial charge in [0.25, 0.3) is 0 Å². The molecule has 0 amide bonds. The van der Waals surface area contributed by atoms with Crippen molar-refractivity contribution in [3.05, 3.63) is 12.2 Å². The highest BCUT2D eigenvalue weighted by molar-refractivity contribution is 5.71. The zero-order valence-corrected chi connectivity index (χ0v) is 51.8. The summed E-state index contributed by atoms with van der Waals surface area (Å²) in [5, 5.41) is 0. The summed E-state index contributed by atoms with van der Waals surface area (Å²) in [6, 6.07) is 0. The molecule has 0 aliphatic heterocycles. The van der Waals surface area contributed by atoms with Gasteiger partial charge in [-0.05, 0) is 44.9 Å². The Morgan fingerprint density at radius 3 is 0.658 bits per heavy atom. The van der Waals surface area contributed by atoms with E-state index in [4.69, 9.17) is 14.2 Å². The van der Waals surface area contributed by atoms with Crippen molar-refractivity contribution >= 4 is 17.9 Å². The van der Waals surface area contributed by atoms with Crippen LogP contribution in [0.25, 0.3) is 0 Å². The summed E-state index contributed by atoms with van der Waals surface area (Å²) in [7, 11) is 0. The maximum atomic E-state index is 12.9. The summed E-state index contributed by atoms with van der Waals surface area (Å²) >= 11 is 0. The molecule has 0 aliphatic rings. The van der Waals surface area contributed by atoms with Gasteiger partial charge in [0.2, 0.25) is 0 Å². The van der Waals surface area contributed by atoms with Gasteiger partial charge in [-0.3, -0.25) is 14.4 Å². The summed E-state index contributed by atoms with van der Waals surface area (Å²) in [5.41, 5.74) is 0. The monoisotopic (exact) mass is 1070 g/mol. The van der Waals surface area contributed by atoms with E-state index < -0.39 is 6.10 Å². The number of carbonyl (C=O) groups is 3. The van der Waals surface area contributed by atoms with E-state index in [2.05, 4.69) is 32.9 Å². The molecule has 0 saturated carbocycles. The van der Waals surface area contributed by atoms with Crippen LogP contribution >= 0.6 is 0 Å². The van der Waals surface area contributed by atoms with E-state index in [9.17, 15) is 14.4 Å². The fraction of sp³-hybridized carbons (Fsp3) is 0.929. The number of rotatable bonds is 65. The number of unbranched alkanes of at least 4 members (excludes halogenated alkanes) is 52. The van der Waals surface area contributed by atoms with Crippen molar-refractivity contribution in [2.24, 2.45) is 0 Å². The Kier molecular flexibility index (Phi) is 64.1. The van der Waals surface area contributed by atoms with Crippen LogP contribution in [0.1, 0.15) is 400 Å². The van der Waals surface area contributed by atoms with Crippen LogP contribution in [-0.2, 0) is 28.6 Å². The lowest BCUT2D eigenvalue weighted by atomic mass is 10.0. The lowest BCUT2D eigenvalue weighted by Gasteiger charge is -2.18. The number of ether oxygens (including phenoxy) is 3. The van der Waals surface area contributed by atoms with Crippen LogP contribution in [0.4, 0.5) is 0 Å². The van der Waals surface area contributed by atoms with E-state index in [1.54, 1.807) is 0 Å². The van der Waals surface area contributed by atoms with Gasteiger partial charge in [-0.15, -0.1) is 0 Å². The molecule has 6 nitrogen and oxygen atoms in total. The predicted octanol–water partition coefficient (Wildman–Crippen LogP) is 23.6. The molecule has 0 heterocycles. The Balaban J connectivity index is 4.00. The molecule has 0 N–H and O–H groups in total. The van der Waals surface area contributed by atoms with Crippen LogP contribution in [-0.4, -0.2) is 37.2 Å². The summed E-state index contributed by atoms with van der Waals surface area (Å²) < 4.78 is 16.9. The zero-order chi connectivity index (χ0) is 55.0. The van der Waals surface area contributed by atoms with E-state index in [-0.39, 0.29) is 31.1 Å². The summed E-state index contributed by atoms with van der Waals surface area (Å²) in [4.78, 5) is 38.2. The lowest BCUT2D eigenvalue weighted by Crippen LogP contribution is -2.30. The Morgan fingerprint density at radius 1 is 0.250 bits per heavy atom. The molecule has 0 fully saturated rings. The average molecular weight is 1070 g/mol. The maximum Gasteiger partial charge on any atom is 0.306 e. The van der Waals surface area contributed by atoms with E-state index in [1.165, 1.54) is 302 Å². The summed E-state index contributed by atoms with van der Waals surface area (Å²) in [6.45, 7) is 6.68. The van der Waals surface area contributed by atoms with Crippen molar-refractivity contribution in [2.45, 2.75) is 406 Å². The second kappa shape index (κ2) is 65.7. The molecule has 0 rings (SSSR count). The molecule has 0 aliphatic carbocycles. The van der Waals surface area contributed by atoms with Gasteiger partial charge in [0, 0.05) is 19.3 Å². The minimum absolute atomic E-state index is 0.0648. The fourth-order valence-electron chi connectivity index (χ4n) is 10.8. The second-order valence-corrected chi connectivity index (χ2v) is 23.8. The predicted molar refractivity (Wildman–Crippen MR) is 330 cm³/mol. The first-order valence-electron chi connectivity index (χ1n) is 34.7. The van der Waals surface area contributed by atoms with Crippen molar-refractivity contribution in [3.63, 3.8) is 0 Å². The van der Waals surface area contributed by atoms with Gasteiger partial charge in [-0.1, -0.05) is 348 Å². The van der Waals surface area contributed by atoms with Crippen LogP contribution in [0.5, 0.6) is 0 Å². The molecule has 0 radical (unpaired) electrons. The van der Waals surface area contributed by atoms with Gasteiger partial charge >= 0.3 is 17.9 Å². The maximum absolute atomic E-state index is 12.9.